The van der Waals surface area contributed by atoms with E-state index in [1.807, 2.05) is 20.8 Å². The Morgan fingerprint density at radius 3 is 2.68 bits per heavy atom. The zero-order chi connectivity index (χ0) is 16.2. The maximum absolute atomic E-state index is 12.8. The number of carbonyl (C=O) groups excluding carboxylic acids is 1. The van der Waals surface area contributed by atoms with E-state index in [9.17, 15) is 9.18 Å². The molecule has 1 aliphatic heterocycles. The smallest absolute Gasteiger partial charge is 0.410 e. The Hall–Kier alpha value is -1.62. The molecule has 122 valence electrons. The predicted octanol–water partition coefficient (Wildman–Crippen LogP) is 3.17. The first kappa shape index (κ1) is 16.7. The fourth-order valence-electron chi connectivity index (χ4n) is 2.51. The molecule has 1 aliphatic rings. The van der Waals surface area contributed by atoms with Gasteiger partial charge in [0.05, 0.1) is 0 Å². The molecule has 0 aliphatic carbocycles. The quantitative estimate of drug-likeness (QED) is 0.929. The molecule has 0 saturated carbocycles. The van der Waals surface area contributed by atoms with Gasteiger partial charge in [-0.1, -0.05) is 12.1 Å². The molecule has 0 radical (unpaired) electrons. The highest BCUT2D eigenvalue weighted by Crippen LogP contribution is 2.19. The fraction of sp³-hybridized carbons (Fsp3) is 0.588. The average Bonchev–Trinajstić information content (AvgIpc) is 2.88. The van der Waals surface area contributed by atoms with Crippen LogP contribution in [0.25, 0.3) is 0 Å². The molecule has 0 unspecified atom stereocenters. The third-order valence-corrected chi connectivity index (χ3v) is 3.61. The van der Waals surface area contributed by atoms with E-state index >= 15 is 0 Å². The minimum atomic E-state index is -0.448. The highest BCUT2D eigenvalue weighted by Gasteiger charge is 2.29. The number of nitrogens with zero attached hydrogens (tertiary/aromatic N) is 1. The van der Waals surface area contributed by atoms with Gasteiger partial charge in [-0.15, -0.1) is 0 Å². The standard InChI is InChI=1S/C17H25FN2O2/c1-17(2,3)22-16(21)20-9-8-14(12-20)11-19-10-13-4-6-15(18)7-5-13/h4-7,14,19H,8-12H2,1-3H3/t14-/m1/s1. The predicted molar refractivity (Wildman–Crippen MR) is 84.0 cm³/mol. The van der Waals surface area contributed by atoms with E-state index in [1.165, 1.54) is 12.1 Å². The lowest BCUT2D eigenvalue weighted by Gasteiger charge is -2.24. The summed E-state index contributed by atoms with van der Waals surface area (Å²) in [6, 6.07) is 6.50. The third kappa shape index (κ3) is 5.30. The molecule has 1 heterocycles. The van der Waals surface area contributed by atoms with Gasteiger partial charge in [0.1, 0.15) is 11.4 Å². The minimum Gasteiger partial charge on any atom is -0.444 e. The number of halogens is 1. The van der Waals surface area contributed by atoms with Gasteiger partial charge < -0.3 is 15.0 Å². The summed E-state index contributed by atoms with van der Waals surface area (Å²) in [5, 5.41) is 3.37. The van der Waals surface area contributed by atoms with Crippen molar-refractivity contribution in [3.63, 3.8) is 0 Å². The summed E-state index contributed by atoms with van der Waals surface area (Å²) in [5.74, 6) is 0.223. The van der Waals surface area contributed by atoms with Crippen LogP contribution in [-0.4, -0.2) is 36.2 Å². The molecular weight excluding hydrogens is 283 g/mol. The Kier molecular flexibility index (Phi) is 5.40. The number of amides is 1. The van der Waals surface area contributed by atoms with E-state index in [0.29, 0.717) is 12.5 Å². The van der Waals surface area contributed by atoms with E-state index in [2.05, 4.69) is 5.32 Å². The Bertz CT molecular complexity index is 496. The van der Waals surface area contributed by atoms with Gasteiger partial charge in [0, 0.05) is 26.2 Å². The van der Waals surface area contributed by atoms with Crippen molar-refractivity contribution >= 4 is 6.09 Å². The van der Waals surface area contributed by atoms with E-state index in [-0.39, 0.29) is 11.9 Å². The Labute approximate surface area is 131 Å². The number of ether oxygens (including phenoxy) is 1. The highest BCUT2D eigenvalue weighted by molar-refractivity contribution is 5.68. The Morgan fingerprint density at radius 1 is 1.36 bits per heavy atom. The third-order valence-electron chi connectivity index (χ3n) is 3.61. The number of likely N-dealkylation sites (tertiary alicyclic amines) is 1. The van der Waals surface area contributed by atoms with E-state index < -0.39 is 5.60 Å². The van der Waals surface area contributed by atoms with Crippen LogP contribution in [0.1, 0.15) is 32.8 Å². The zero-order valence-electron chi connectivity index (χ0n) is 13.6. The molecule has 2 rings (SSSR count). The van der Waals surface area contributed by atoms with Crippen molar-refractivity contribution in [1.82, 2.24) is 10.2 Å². The zero-order valence-corrected chi connectivity index (χ0v) is 13.6. The number of hydrogen-bond acceptors (Lipinski definition) is 3. The lowest BCUT2D eigenvalue weighted by Crippen LogP contribution is -2.36. The van der Waals surface area contributed by atoms with E-state index in [0.717, 1.165) is 31.6 Å². The van der Waals surface area contributed by atoms with Crippen molar-refractivity contribution in [2.24, 2.45) is 5.92 Å². The van der Waals surface area contributed by atoms with Gasteiger partial charge >= 0.3 is 6.09 Å². The second-order valence-corrected chi connectivity index (χ2v) is 6.84. The maximum atomic E-state index is 12.8. The Balaban J connectivity index is 1.70. The van der Waals surface area contributed by atoms with Crippen LogP contribution in [0.3, 0.4) is 0 Å². The summed E-state index contributed by atoms with van der Waals surface area (Å²) in [4.78, 5) is 13.8. The van der Waals surface area contributed by atoms with Crippen LogP contribution >= 0.6 is 0 Å². The van der Waals surface area contributed by atoms with Crippen LogP contribution in [0.2, 0.25) is 0 Å². The van der Waals surface area contributed by atoms with Gasteiger partial charge in [0.15, 0.2) is 0 Å². The number of carbonyl (C=O) groups is 1. The number of benzene rings is 1. The van der Waals surface area contributed by atoms with Gasteiger partial charge in [0.2, 0.25) is 0 Å². The van der Waals surface area contributed by atoms with Crippen molar-refractivity contribution in [2.75, 3.05) is 19.6 Å². The van der Waals surface area contributed by atoms with Gasteiger partial charge in [0.25, 0.3) is 0 Å². The van der Waals surface area contributed by atoms with Crippen molar-refractivity contribution in [3.05, 3.63) is 35.6 Å². The monoisotopic (exact) mass is 308 g/mol. The molecule has 0 aromatic heterocycles. The molecule has 1 N–H and O–H groups in total. The second-order valence-electron chi connectivity index (χ2n) is 6.84. The topological polar surface area (TPSA) is 41.6 Å². The first-order valence-corrected chi connectivity index (χ1v) is 7.76. The molecule has 5 heteroatoms. The molecular formula is C17H25FN2O2. The lowest BCUT2D eigenvalue weighted by molar-refractivity contribution is 0.0288. The van der Waals surface area contributed by atoms with Gasteiger partial charge in [-0.3, -0.25) is 0 Å². The number of nitrogens with one attached hydrogen (secondary N) is 1. The number of hydrogen-bond donors (Lipinski definition) is 1. The first-order valence-electron chi connectivity index (χ1n) is 7.76. The molecule has 4 nitrogen and oxygen atoms in total. The van der Waals surface area contributed by atoms with Crippen LogP contribution in [0.5, 0.6) is 0 Å². The minimum absolute atomic E-state index is 0.215. The summed E-state index contributed by atoms with van der Waals surface area (Å²) in [7, 11) is 0. The van der Waals surface area contributed by atoms with Gasteiger partial charge in [-0.2, -0.15) is 0 Å². The highest BCUT2D eigenvalue weighted by atomic mass is 19.1. The van der Waals surface area contributed by atoms with Crippen LogP contribution in [0, 0.1) is 11.7 Å². The van der Waals surface area contributed by atoms with Gasteiger partial charge in [-0.25, -0.2) is 9.18 Å². The van der Waals surface area contributed by atoms with E-state index in [4.69, 9.17) is 4.74 Å². The average molecular weight is 308 g/mol. The van der Waals surface area contributed by atoms with Gasteiger partial charge in [-0.05, 0) is 50.8 Å². The summed E-state index contributed by atoms with van der Waals surface area (Å²) in [6.45, 7) is 8.66. The van der Waals surface area contributed by atoms with Crippen molar-refractivity contribution < 1.29 is 13.9 Å². The van der Waals surface area contributed by atoms with Crippen molar-refractivity contribution in [1.29, 1.82) is 0 Å². The molecule has 22 heavy (non-hydrogen) atoms. The molecule has 1 fully saturated rings. The molecule has 1 aromatic carbocycles. The number of rotatable bonds is 4. The van der Waals surface area contributed by atoms with Crippen LogP contribution in [0.15, 0.2) is 24.3 Å². The first-order chi connectivity index (χ1) is 10.3. The largest absolute Gasteiger partial charge is 0.444 e. The molecule has 1 saturated heterocycles. The normalized spacial score (nSPS) is 18.5. The Morgan fingerprint density at radius 2 is 2.05 bits per heavy atom. The summed E-state index contributed by atoms with van der Waals surface area (Å²) in [6.07, 6.45) is 0.754. The molecule has 0 bridgehead atoms. The second kappa shape index (κ2) is 7.09. The summed E-state index contributed by atoms with van der Waals surface area (Å²) >= 11 is 0. The van der Waals surface area contributed by atoms with Crippen molar-refractivity contribution in [2.45, 2.75) is 39.3 Å². The van der Waals surface area contributed by atoms with E-state index in [1.54, 1.807) is 17.0 Å². The SMILES string of the molecule is CC(C)(C)OC(=O)N1CC[C@H](CNCc2ccc(F)cc2)C1. The lowest BCUT2D eigenvalue weighted by atomic mass is 10.1. The summed E-state index contributed by atoms with van der Waals surface area (Å²) in [5.41, 5.74) is 0.610. The van der Waals surface area contributed by atoms with Crippen LogP contribution < -0.4 is 5.32 Å². The van der Waals surface area contributed by atoms with Crippen LogP contribution in [-0.2, 0) is 11.3 Å². The van der Waals surface area contributed by atoms with Crippen LogP contribution in [0.4, 0.5) is 9.18 Å². The summed E-state index contributed by atoms with van der Waals surface area (Å²) < 4.78 is 18.2. The molecule has 1 atom stereocenters. The molecule has 1 amide bonds. The molecule has 1 aromatic rings. The fourth-order valence-corrected chi connectivity index (χ4v) is 2.51. The maximum Gasteiger partial charge on any atom is 0.410 e. The van der Waals surface area contributed by atoms with Crippen molar-refractivity contribution in [3.8, 4) is 0 Å². The molecule has 0 spiro atoms.